The number of carbonyl (C=O) groups is 4. The normalized spacial score (nSPS) is 10.6. The molecule has 1 aliphatic rings. The summed E-state index contributed by atoms with van der Waals surface area (Å²) < 4.78 is 36.5. The number of hydrogen-bond donors (Lipinski definition) is 0. The number of carbonyl (C=O) groups excluding carboxylic acids is 4. The number of allylic oxidation sites excluding steroid dienone is 5. The number of unbranched alkanes of at least 4 members (excludes halogenated alkanes) is 5. The number of carboxylic acids is 2. The van der Waals surface area contributed by atoms with Crippen molar-refractivity contribution in [1.29, 1.82) is 0 Å². The third kappa shape index (κ3) is 36.6. The van der Waals surface area contributed by atoms with Crippen molar-refractivity contribution in [3.8, 4) is 0 Å². The molecule has 3 rings (SSSR count). The molecule has 0 fully saturated rings. The van der Waals surface area contributed by atoms with E-state index in [-0.39, 0.29) is 166 Å². The minimum atomic E-state index is -5.75. The number of hydrogen-bond acceptors (Lipinski definition) is 13. The molecule has 0 saturated heterocycles. The van der Waals surface area contributed by atoms with E-state index in [9.17, 15) is 29.4 Å². The fourth-order valence-corrected chi connectivity index (χ4v) is 6.19. The van der Waals surface area contributed by atoms with Crippen LogP contribution in [0.4, 0.5) is 15.3 Å². The molecule has 0 bridgehead atoms. The Labute approximate surface area is 477 Å². The average molecular weight is 1080 g/mol. The van der Waals surface area contributed by atoms with Crippen LogP contribution in [0.2, 0.25) is 0 Å². The van der Waals surface area contributed by atoms with E-state index < -0.39 is 25.6 Å². The van der Waals surface area contributed by atoms with E-state index in [1.54, 1.807) is 28.2 Å². The van der Waals surface area contributed by atoms with Crippen molar-refractivity contribution in [2.24, 2.45) is 0 Å². The second-order valence-electron chi connectivity index (χ2n) is 12.9. The zero-order valence-corrected chi connectivity index (χ0v) is 50.3. The number of benzene rings is 2. The van der Waals surface area contributed by atoms with Crippen LogP contribution in [0.15, 0.2) is 84.5 Å². The van der Waals surface area contributed by atoms with Gasteiger partial charge in [0.25, 0.3) is 10.5 Å². The molecule has 0 heterocycles. The topological polar surface area (TPSA) is 207 Å². The first-order chi connectivity index (χ1) is 26.1. The summed E-state index contributed by atoms with van der Waals surface area (Å²) >= 11 is -5.75. The quantitative estimate of drug-likeness (QED) is 0.0842. The Balaban J connectivity index is -0.000000249. The molecule has 2 aromatic rings. The van der Waals surface area contributed by atoms with Crippen LogP contribution in [0.5, 0.6) is 0 Å². The summed E-state index contributed by atoms with van der Waals surface area (Å²) in [5.74, 6) is -2.00. The molecule has 0 atom stereocenters. The van der Waals surface area contributed by atoms with Gasteiger partial charge < -0.3 is 46.9 Å². The number of halogens is 1. The zero-order valence-electron chi connectivity index (χ0n) is 36.3. The van der Waals surface area contributed by atoms with E-state index >= 15 is 0 Å². The van der Waals surface area contributed by atoms with E-state index in [2.05, 4.69) is 117 Å². The molecule has 0 saturated carbocycles. The van der Waals surface area contributed by atoms with Crippen molar-refractivity contribution in [3.63, 3.8) is 0 Å². The number of carboxylic acid groups (broad SMARTS) is 2. The van der Waals surface area contributed by atoms with Crippen LogP contribution >= 0.6 is 21.6 Å². The fraction of sp³-hybridized carbons (Fsp3) is 0.410. The zero-order chi connectivity index (χ0) is 42.8. The van der Waals surface area contributed by atoms with Crippen molar-refractivity contribution < 1.29 is 206 Å². The van der Waals surface area contributed by atoms with Gasteiger partial charge >= 0.3 is 160 Å². The fourth-order valence-electron chi connectivity index (χ4n) is 4.42. The molecule has 0 radical (unpaired) electrons. The van der Waals surface area contributed by atoms with Crippen LogP contribution in [-0.2, 0) is 58.1 Å². The van der Waals surface area contributed by atoms with Crippen LogP contribution < -0.4 is 139 Å². The Hall–Kier alpha value is 0.247. The molecular formula is C39H53CdClCrK2N4O10S2. The summed E-state index contributed by atoms with van der Waals surface area (Å²) in [6, 6.07) is 19.4. The molecule has 14 nitrogen and oxygen atoms in total. The third-order valence-corrected chi connectivity index (χ3v) is 9.54. The van der Waals surface area contributed by atoms with E-state index in [0.717, 1.165) is 47.3 Å². The van der Waals surface area contributed by atoms with Gasteiger partial charge in [0.1, 0.15) is 14.1 Å². The van der Waals surface area contributed by atoms with E-state index in [0.29, 0.717) is 12.8 Å². The van der Waals surface area contributed by atoms with Crippen molar-refractivity contribution in [1.82, 2.24) is 9.80 Å². The summed E-state index contributed by atoms with van der Waals surface area (Å²) in [6.07, 6.45) is 14.0. The first-order valence-corrected chi connectivity index (χ1v) is 21.7. The molecule has 2 amide bonds. The van der Waals surface area contributed by atoms with Gasteiger partial charge in [-0.05, 0) is 72.2 Å². The van der Waals surface area contributed by atoms with Crippen molar-refractivity contribution in [3.05, 3.63) is 95.6 Å². The van der Waals surface area contributed by atoms with Gasteiger partial charge in [-0.15, -0.1) is 0 Å². The number of nitrogens with zero attached hydrogens (tertiary/aromatic N) is 4. The average Bonchev–Trinajstić information content (AvgIpc) is 3.12. The molecule has 1 aliphatic carbocycles. The molecular weight excluding hydrogens is 1030 g/mol. The Morgan fingerprint density at radius 2 is 0.967 bits per heavy atom. The Kier molecular flexibility index (Phi) is 45.7. The Bertz CT molecular complexity index is 1730. The summed E-state index contributed by atoms with van der Waals surface area (Å²) in [5.41, 5.74) is 7.37. The van der Waals surface area contributed by atoms with Crippen LogP contribution in [0, 0.1) is 0 Å². The van der Waals surface area contributed by atoms with Gasteiger partial charge in [-0.2, -0.15) is 0 Å². The number of rotatable bonds is 12. The standard InChI is InChI=1S/C23H25N2.C10H18O4.C6H12N2O2S2.Cd.ClH.Cr.2K.4O/c1-24(2)21-14-10-19(11-15-21)23(18-8-6-5-7-9-18)20-12-16-22(17-13-20)25(3)4;11-9(12)7-5-3-1-2-4-6-8-10(13)14;1-7(2)5(9)11-12-6(10)8(3)4;;;;;;;;;/h5-17H,1-4H3;1-8H2,(H,11,12)(H,13,14);1-4H3;;1H;;;;;;;/q+1;;;+2;;;2*+1;;;2*-1/p-3. The molecule has 2 aromatic carbocycles. The second-order valence-corrected chi connectivity index (χ2v) is 16.2. The van der Waals surface area contributed by atoms with Crippen molar-refractivity contribution in [2.45, 2.75) is 51.4 Å². The SMILES string of the molecule is CN(C)C(=O)SSC(=O)N(C)C.CN(C)c1ccc(C(=C2C=CC(=[N+](C)C)C=C2)c2ccccc2)cc1.O=C([O-])CCCCCCCCC(=O)[O-].[Cd+2].[Cl-].[K+].[K+].[O]=[Cr](=[O])([O-])[O-]. The van der Waals surface area contributed by atoms with E-state index in [1.807, 2.05) is 0 Å². The number of aliphatic carboxylic acids is 2. The predicted octanol–water partition coefficient (Wildman–Crippen LogP) is -5.88. The predicted molar refractivity (Wildman–Crippen MR) is 210 cm³/mol. The summed E-state index contributed by atoms with van der Waals surface area (Å²) in [4.78, 5) is 47.0. The monoisotopic (exact) mass is 1080 g/mol. The van der Waals surface area contributed by atoms with Gasteiger partial charge in [0.05, 0.1) is 0 Å². The number of anilines is 1. The molecule has 0 N–H and O–H groups in total. The van der Waals surface area contributed by atoms with Gasteiger partial charge in [-0.1, -0.05) is 68.1 Å². The van der Waals surface area contributed by atoms with Crippen LogP contribution in [0.25, 0.3) is 5.57 Å². The third-order valence-electron chi connectivity index (χ3n) is 7.33. The maximum absolute atomic E-state index is 11.0. The van der Waals surface area contributed by atoms with Gasteiger partial charge in [0.2, 0.25) is 0 Å². The molecule has 60 heavy (non-hydrogen) atoms. The van der Waals surface area contributed by atoms with Gasteiger partial charge in [0, 0.05) is 93.7 Å². The molecule has 21 heteroatoms. The Morgan fingerprint density at radius 3 is 1.28 bits per heavy atom. The van der Waals surface area contributed by atoms with Crippen LogP contribution in [0.3, 0.4) is 0 Å². The molecule has 0 spiro atoms. The van der Waals surface area contributed by atoms with Crippen molar-refractivity contribution in [2.75, 3.05) is 61.3 Å². The van der Waals surface area contributed by atoms with E-state index in [4.69, 9.17) is 15.9 Å². The maximum atomic E-state index is 11.0. The first-order valence-electron chi connectivity index (χ1n) is 17.4. The van der Waals surface area contributed by atoms with Gasteiger partial charge in [0.15, 0.2) is 5.71 Å². The van der Waals surface area contributed by atoms with Gasteiger partial charge in [-0.25, -0.2) is 4.58 Å². The van der Waals surface area contributed by atoms with Gasteiger partial charge in [-0.3, -0.25) is 9.59 Å². The minimum absolute atomic E-state index is 0. The number of amides is 2. The molecule has 0 aromatic heterocycles. The molecule has 318 valence electrons. The van der Waals surface area contributed by atoms with Crippen LogP contribution in [-0.4, -0.2) is 98.9 Å². The van der Waals surface area contributed by atoms with Crippen LogP contribution in [0.1, 0.15) is 62.5 Å². The second kappa shape index (κ2) is 39.6. The summed E-state index contributed by atoms with van der Waals surface area (Å²) in [6.45, 7) is 0. The molecule has 0 aliphatic heterocycles. The first kappa shape index (κ1) is 69.3. The molecule has 0 unspecified atom stereocenters. The van der Waals surface area contributed by atoms with E-state index in [1.165, 1.54) is 43.5 Å². The summed E-state index contributed by atoms with van der Waals surface area (Å²) in [7, 11) is 16.7. The van der Waals surface area contributed by atoms with Crippen molar-refractivity contribution >= 4 is 61.0 Å². The summed E-state index contributed by atoms with van der Waals surface area (Å²) in [5, 5.41) is 19.8. The Morgan fingerprint density at radius 1 is 0.617 bits per heavy atom.